The third kappa shape index (κ3) is 3.62. The van der Waals surface area contributed by atoms with Crippen LogP contribution in [0.3, 0.4) is 0 Å². The molecule has 0 spiro atoms. The van der Waals surface area contributed by atoms with E-state index >= 15 is 0 Å². The molecule has 1 aromatic heterocycles. The number of carbonyl (C=O) groups is 1. The second kappa shape index (κ2) is 7.17. The van der Waals surface area contributed by atoms with Crippen molar-refractivity contribution in [1.82, 2.24) is 9.78 Å². The van der Waals surface area contributed by atoms with E-state index in [4.69, 9.17) is 27.9 Å². The Morgan fingerprint density at radius 1 is 1.20 bits per heavy atom. The lowest BCUT2D eigenvalue weighted by molar-refractivity contribution is 0.102. The van der Waals surface area contributed by atoms with Crippen LogP contribution in [-0.2, 0) is 0 Å². The van der Waals surface area contributed by atoms with Gasteiger partial charge in [-0.05, 0) is 37.3 Å². The van der Waals surface area contributed by atoms with E-state index in [-0.39, 0.29) is 5.91 Å². The number of amides is 1. The van der Waals surface area contributed by atoms with Crippen molar-refractivity contribution in [3.8, 4) is 11.4 Å². The molecular weight excluding hydrogens is 361 g/mol. The first-order valence-corrected chi connectivity index (χ1v) is 8.20. The summed E-state index contributed by atoms with van der Waals surface area (Å²) in [6.07, 6.45) is 1.52. The minimum Gasteiger partial charge on any atom is -0.497 e. The molecule has 0 bridgehead atoms. The van der Waals surface area contributed by atoms with E-state index < -0.39 is 0 Å². The van der Waals surface area contributed by atoms with Crippen molar-refractivity contribution in [3.63, 3.8) is 0 Å². The normalized spacial score (nSPS) is 10.6. The molecule has 3 aromatic rings. The van der Waals surface area contributed by atoms with Crippen molar-refractivity contribution in [2.45, 2.75) is 6.92 Å². The van der Waals surface area contributed by atoms with Crippen LogP contribution in [0.4, 0.5) is 5.69 Å². The fourth-order valence-electron chi connectivity index (χ4n) is 2.41. The Balaban J connectivity index is 1.86. The molecular formula is C18H15Cl2N3O2. The van der Waals surface area contributed by atoms with Crippen LogP contribution in [0.25, 0.3) is 5.69 Å². The lowest BCUT2D eigenvalue weighted by Gasteiger charge is -2.09. The summed E-state index contributed by atoms with van der Waals surface area (Å²) in [6, 6.07) is 12.3. The highest BCUT2D eigenvalue weighted by Crippen LogP contribution is 2.27. The molecule has 0 aliphatic heterocycles. The minimum absolute atomic E-state index is 0.294. The highest BCUT2D eigenvalue weighted by molar-refractivity contribution is 6.34. The molecule has 0 aliphatic rings. The zero-order valence-electron chi connectivity index (χ0n) is 13.6. The van der Waals surface area contributed by atoms with Crippen LogP contribution < -0.4 is 10.1 Å². The first-order valence-electron chi connectivity index (χ1n) is 7.45. The van der Waals surface area contributed by atoms with Crippen LogP contribution in [0, 0.1) is 6.92 Å². The summed E-state index contributed by atoms with van der Waals surface area (Å²) in [5.41, 5.74) is 2.44. The molecule has 25 heavy (non-hydrogen) atoms. The summed E-state index contributed by atoms with van der Waals surface area (Å²) < 4.78 is 6.76. The molecule has 0 radical (unpaired) electrons. The predicted octanol–water partition coefficient (Wildman–Crippen LogP) is 4.75. The molecule has 2 aromatic carbocycles. The van der Waals surface area contributed by atoms with Crippen molar-refractivity contribution in [2.24, 2.45) is 0 Å². The van der Waals surface area contributed by atoms with Crippen molar-refractivity contribution in [2.75, 3.05) is 12.4 Å². The van der Waals surface area contributed by atoms with Crippen molar-refractivity contribution in [1.29, 1.82) is 0 Å². The summed E-state index contributed by atoms with van der Waals surface area (Å²) in [5.74, 6) is 0.325. The number of hydrogen-bond acceptors (Lipinski definition) is 3. The summed E-state index contributed by atoms with van der Waals surface area (Å²) in [5, 5.41) is 8.07. The van der Waals surface area contributed by atoms with Crippen LogP contribution in [0.1, 0.15) is 16.1 Å². The van der Waals surface area contributed by atoms with Crippen LogP contribution in [0.15, 0.2) is 48.7 Å². The molecule has 3 rings (SSSR count). The molecule has 0 aliphatic carbocycles. The van der Waals surface area contributed by atoms with Crippen LogP contribution in [0.2, 0.25) is 10.0 Å². The zero-order valence-corrected chi connectivity index (χ0v) is 15.1. The average Bonchev–Trinajstić information content (AvgIpc) is 2.98. The van der Waals surface area contributed by atoms with E-state index in [2.05, 4.69) is 10.4 Å². The summed E-state index contributed by atoms with van der Waals surface area (Å²) >= 11 is 12.2. The van der Waals surface area contributed by atoms with E-state index in [1.165, 1.54) is 6.20 Å². The van der Waals surface area contributed by atoms with Gasteiger partial charge in [0.1, 0.15) is 5.75 Å². The number of ether oxygens (including phenoxy) is 1. The molecule has 1 amide bonds. The maximum Gasteiger partial charge on any atom is 0.259 e. The Bertz CT molecular complexity index is 938. The summed E-state index contributed by atoms with van der Waals surface area (Å²) in [6.45, 7) is 1.82. The Morgan fingerprint density at radius 3 is 2.68 bits per heavy atom. The SMILES string of the molecule is COc1ccc(NC(=O)c2cnn(-c3cccc(Cl)c3)c2C)c(Cl)c1. The van der Waals surface area contributed by atoms with E-state index in [1.807, 2.05) is 19.1 Å². The number of nitrogens with zero attached hydrogens (tertiary/aromatic N) is 2. The molecule has 1 heterocycles. The van der Waals surface area contributed by atoms with Gasteiger partial charge in [-0.15, -0.1) is 0 Å². The average molecular weight is 376 g/mol. The van der Waals surface area contributed by atoms with E-state index in [0.29, 0.717) is 32.7 Å². The fourth-order valence-corrected chi connectivity index (χ4v) is 2.82. The van der Waals surface area contributed by atoms with E-state index in [0.717, 1.165) is 5.69 Å². The first kappa shape index (κ1) is 17.3. The van der Waals surface area contributed by atoms with Gasteiger partial charge in [0.05, 0.1) is 41.0 Å². The van der Waals surface area contributed by atoms with Gasteiger partial charge >= 0.3 is 0 Å². The van der Waals surface area contributed by atoms with Gasteiger partial charge in [-0.3, -0.25) is 4.79 Å². The smallest absolute Gasteiger partial charge is 0.259 e. The Morgan fingerprint density at radius 2 is 2.00 bits per heavy atom. The Kier molecular flexibility index (Phi) is 4.97. The van der Waals surface area contributed by atoms with E-state index in [9.17, 15) is 4.79 Å². The van der Waals surface area contributed by atoms with Crippen LogP contribution >= 0.6 is 23.2 Å². The maximum absolute atomic E-state index is 12.6. The number of aromatic nitrogens is 2. The van der Waals surface area contributed by atoms with Gasteiger partial charge in [0.25, 0.3) is 5.91 Å². The van der Waals surface area contributed by atoms with Crippen molar-refractivity contribution < 1.29 is 9.53 Å². The van der Waals surface area contributed by atoms with Crippen molar-refractivity contribution >= 4 is 34.8 Å². The second-order valence-corrected chi connectivity index (χ2v) is 6.18. The molecule has 5 nitrogen and oxygen atoms in total. The third-order valence-electron chi connectivity index (χ3n) is 3.73. The largest absolute Gasteiger partial charge is 0.497 e. The Hall–Kier alpha value is -2.50. The van der Waals surface area contributed by atoms with Gasteiger partial charge in [-0.1, -0.05) is 29.3 Å². The quantitative estimate of drug-likeness (QED) is 0.715. The first-order chi connectivity index (χ1) is 12.0. The van der Waals surface area contributed by atoms with Gasteiger partial charge < -0.3 is 10.1 Å². The fraction of sp³-hybridized carbons (Fsp3) is 0.111. The number of benzene rings is 2. The van der Waals surface area contributed by atoms with Gasteiger partial charge in [0.2, 0.25) is 0 Å². The lowest BCUT2D eigenvalue weighted by atomic mass is 10.2. The topological polar surface area (TPSA) is 56.1 Å². The van der Waals surface area contributed by atoms with Crippen molar-refractivity contribution in [3.05, 3.63) is 70.0 Å². The lowest BCUT2D eigenvalue weighted by Crippen LogP contribution is -2.13. The molecule has 128 valence electrons. The number of methoxy groups -OCH3 is 1. The highest BCUT2D eigenvalue weighted by Gasteiger charge is 2.16. The maximum atomic E-state index is 12.6. The molecule has 0 saturated carbocycles. The monoisotopic (exact) mass is 375 g/mol. The Labute approximate surface area is 155 Å². The van der Waals surface area contributed by atoms with Crippen LogP contribution in [-0.4, -0.2) is 22.8 Å². The minimum atomic E-state index is -0.294. The third-order valence-corrected chi connectivity index (χ3v) is 4.28. The highest BCUT2D eigenvalue weighted by atomic mass is 35.5. The van der Waals surface area contributed by atoms with E-state index in [1.54, 1.807) is 42.1 Å². The number of hydrogen-bond donors (Lipinski definition) is 1. The van der Waals surface area contributed by atoms with Gasteiger partial charge in [-0.2, -0.15) is 5.10 Å². The number of halogens is 2. The molecule has 0 atom stereocenters. The van der Waals surface area contributed by atoms with Gasteiger partial charge in [-0.25, -0.2) is 4.68 Å². The molecule has 1 N–H and O–H groups in total. The molecule has 0 fully saturated rings. The molecule has 7 heteroatoms. The molecule has 0 unspecified atom stereocenters. The number of nitrogens with one attached hydrogen (secondary N) is 1. The number of carbonyl (C=O) groups excluding carboxylic acids is 1. The van der Waals surface area contributed by atoms with Gasteiger partial charge in [0.15, 0.2) is 0 Å². The van der Waals surface area contributed by atoms with Gasteiger partial charge in [0, 0.05) is 11.1 Å². The second-order valence-electron chi connectivity index (χ2n) is 5.34. The number of anilines is 1. The number of rotatable bonds is 4. The standard InChI is InChI=1S/C18H15Cl2N3O2/c1-11-15(10-21-23(11)13-5-3-4-12(19)8-13)18(24)22-17-7-6-14(25-2)9-16(17)20/h3-10H,1-2H3,(H,22,24). The zero-order chi connectivity index (χ0) is 18.0. The molecule has 0 saturated heterocycles. The summed E-state index contributed by atoms with van der Waals surface area (Å²) in [4.78, 5) is 12.6. The summed E-state index contributed by atoms with van der Waals surface area (Å²) in [7, 11) is 1.55. The predicted molar refractivity (Wildman–Crippen MR) is 99.3 cm³/mol. The van der Waals surface area contributed by atoms with Crippen LogP contribution in [0.5, 0.6) is 5.75 Å².